The third-order valence-corrected chi connectivity index (χ3v) is 10.2. The van der Waals surface area contributed by atoms with Crippen molar-refractivity contribution < 1.29 is 54.6 Å². The smallest absolute Gasteiger partial charge is 0.381 e. The Hall–Kier alpha value is -5.34. The fraction of sp³-hybridized carbons (Fsp3) is 0.368. The van der Waals surface area contributed by atoms with Gasteiger partial charge in [-0.3, -0.25) is 14.3 Å². The topological polar surface area (TPSA) is 132 Å². The first-order valence-electron chi connectivity index (χ1n) is 17.2. The van der Waals surface area contributed by atoms with E-state index in [1.54, 1.807) is 0 Å². The number of amides is 2. The Bertz CT molecular complexity index is 2240. The Kier molecular flexibility index (Phi) is 9.70. The highest BCUT2D eigenvalue weighted by molar-refractivity contribution is 5.94. The second-order valence-electron chi connectivity index (χ2n) is 13.9. The second kappa shape index (κ2) is 14.1. The van der Waals surface area contributed by atoms with Gasteiger partial charge in [0.05, 0.1) is 30.5 Å². The van der Waals surface area contributed by atoms with Crippen LogP contribution in [0.15, 0.2) is 48.5 Å². The first kappa shape index (κ1) is 38.0. The minimum absolute atomic E-state index is 0.0121. The fourth-order valence-electron chi connectivity index (χ4n) is 7.46. The molecule has 1 aliphatic heterocycles. The van der Waals surface area contributed by atoms with Gasteiger partial charge < -0.3 is 20.9 Å². The van der Waals surface area contributed by atoms with Crippen molar-refractivity contribution in [2.24, 2.45) is 11.7 Å². The SMILES string of the molecule is NC(=O)c1cc(-c2ccc(C#CC3(O)CCOCC3)nc2[C@H](Cc2cc(F)cc(F)c2)NC(=O)Cn2nc(C(F)(F)F)c3c2C(F)(F)[C@@H]2CC[C@H]32)ccc1F. The zero-order valence-corrected chi connectivity index (χ0v) is 28.6. The van der Waals surface area contributed by atoms with E-state index < -0.39 is 100 Å². The quantitative estimate of drug-likeness (QED) is 0.147. The summed E-state index contributed by atoms with van der Waals surface area (Å²) in [5, 5.41) is 16.9. The van der Waals surface area contributed by atoms with Crippen LogP contribution in [-0.2, 0) is 34.6 Å². The van der Waals surface area contributed by atoms with E-state index in [4.69, 9.17) is 10.5 Å². The van der Waals surface area contributed by atoms with Crippen molar-refractivity contribution in [3.8, 4) is 23.0 Å². The standard InChI is InChI=1S/C38H31F8N5O4/c39-21-13-19(14-22(40)17-21)15-29(49-30(52)18-51-34-31(33(50-51)38(44,45)46)25-4-5-27(25)37(34,42)43)32-24(20-1-6-28(41)26(16-20)35(47)53)3-2-23(48-32)7-8-36(54)9-11-55-12-10-36/h1-3,6,13-14,16-17,25,27,29,54H,4-5,9-12,15,18H2,(H2,47,53)(H,49,52)/t25-,27+,29-/m0/s1. The molecule has 1 saturated heterocycles. The predicted octanol–water partition coefficient (Wildman–Crippen LogP) is 6.07. The predicted molar refractivity (Wildman–Crippen MR) is 178 cm³/mol. The average Bonchev–Trinajstić information content (AvgIpc) is 3.52. The van der Waals surface area contributed by atoms with E-state index in [9.17, 15) is 41.0 Å². The molecule has 2 aliphatic carbocycles. The van der Waals surface area contributed by atoms with Crippen molar-refractivity contribution >= 4 is 11.8 Å². The Labute approximate surface area is 307 Å². The van der Waals surface area contributed by atoms with Gasteiger partial charge in [-0.05, 0) is 78.6 Å². The van der Waals surface area contributed by atoms with E-state index in [2.05, 4.69) is 27.2 Å². The van der Waals surface area contributed by atoms with Crippen LogP contribution in [-0.4, -0.2) is 50.5 Å². The Morgan fingerprint density at radius 1 is 1.04 bits per heavy atom. The van der Waals surface area contributed by atoms with Crippen LogP contribution in [0.25, 0.3) is 11.1 Å². The van der Waals surface area contributed by atoms with E-state index in [1.807, 2.05) is 0 Å². The molecule has 4 N–H and O–H groups in total. The van der Waals surface area contributed by atoms with Gasteiger partial charge in [0.1, 0.15) is 41.0 Å². The van der Waals surface area contributed by atoms with E-state index >= 15 is 8.78 Å². The van der Waals surface area contributed by atoms with Crippen LogP contribution in [0.1, 0.15) is 81.9 Å². The summed E-state index contributed by atoms with van der Waals surface area (Å²) in [6, 6.07) is 7.29. The number of carbonyl (C=O) groups is 2. The number of benzene rings is 2. The molecule has 1 saturated carbocycles. The molecule has 4 aromatic rings. The summed E-state index contributed by atoms with van der Waals surface area (Å²) in [6.45, 7) is -0.621. The number of fused-ring (bicyclic) bond motifs is 3. The van der Waals surface area contributed by atoms with Crippen molar-refractivity contribution in [2.45, 2.75) is 68.3 Å². The van der Waals surface area contributed by atoms with Crippen LogP contribution in [0.2, 0.25) is 0 Å². The molecule has 2 amide bonds. The van der Waals surface area contributed by atoms with Gasteiger partial charge in [-0.1, -0.05) is 12.0 Å². The van der Waals surface area contributed by atoms with Crippen LogP contribution >= 0.6 is 0 Å². The molecular formula is C38H31F8N5O4. The van der Waals surface area contributed by atoms with Gasteiger partial charge >= 0.3 is 6.18 Å². The number of carbonyl (C=O) groups excluding carboxylic acids is 2. The van der Waals surface area contributed by atoms with Crippen LogP contribution in [0.3, 0.4) is 0 Å². The van der Waals surface area contributed by atoms with Gasteiger partial charge in [-0.2, -0.15) is 27.1 Å². The van der Waals surface area contributed by atoms with Gasteiger partial charge in [0, 0.05) is 36.0 Å². The van der Waals surface area contributed by atoms with Gasteiger partial charge in [-0.15, -0.1) is 0 Å². The maximum Gasteiger partial charge on any atom is 0.435 e. The zero-order valence-electron chi connectivity index (χ0n) is 28.6. The number of alkyl halides is 5. The molecule has 55 heavy (non-hydrogen) atoms. The van der Waals surface area contributed by atoms with Crippen molar-refractivity contribution in [2.75, 3.05) is 13.2 Å². The summed E-state index contributed by atoms with van der Waals surface area (Å²) >= 11 is 0. The Morgan fingerprint density at radius 3 is 2.38 bits per heavy atom. The number of ether oxygens (including phenoxy) is 1. The van der Waals surface area contributed by atoms with Crippen LogP contribution in [0.4, 0.5) is 35.1 Å². The van der Waals surface area contributed by atoms with Gasteiger partial charge in [-0.25, -0.2) is 18.2 Å². The lowest BCUT2D eigenvalue weighted by Gasteiger charge is -2.34. The number of primary amides is 1. The van der Waals surface area contributed by atoms with Crippen molar-refractivity contribution in [3.63, 3.8) is 0 Å². The molecule has 3 heterocycles. The summed E-state index contributed by atoms with van der Waals surface area (Å²) in [5.41, 5.74) is 0.468. The number of aromatic nitrogens is 3. The van der Waals surface area contributed by atoms with E-state index in [-0.39, 0.29) is 67.0 Å². The molecule has 3 atom stereocenters. The summed E-state index contributed by atoms with van der Waals surface area (Å²) in [5.74, 6) is -5.77. The maximum atomic E-state index is 15.5. The number of nitrogens with two attached hydrogens (primary N) is 1. The summed E-state index contributed by atoms with van der Waals surface area (Å²) < 4.78 is 122. The molecule has 2 fully saturated rings. The second-order valence-corrected chi connectivity index (χ2v) is 13.9. The maximum absolute atomic E-state index is 15.5. The van der Waals surface area contributed by atoms with Crippen LogP contribution in [0.5, 0.6) is 0 Å². The molecule has 0 unspecified atom stereocenters. The molecular weight excluding hydrogens is 742 g/mol. The van der Waals surface area contributed by atoms with E-state index in [0.717, 1.165) is 24.3 Å². The highest BCUT2D eigenvalue weighted by atomic mass is 19.4. The zero-order chi connectivity index (χ0) is 39.4. The first-order valence-corrected chi connectivity index (χ1v) is 17.2. The Balaban J connectivity index is 1.33. The number of pyridine rings is 1. The number of aliphatic hydroxyl groups is 1. The lowest BCUT2D eigenvalue weighted by Crippen LogP contribution is -2.36. The highest BCUT2D eigenvalue weighted by Gasteiger charge is 2.63. The number of hydrogen-bond donors (Lipinski definition) is 3. The lowest BCUT2D eigenvalue weighted by atomic mass is 9.73. The molecule has 0 radical (unpaired) electrons. The third kappa shape index (κ3) is 7.40. The first-order chi connectivity index (χ1) is 25.9. The fourth-order valence-corrected chi connectivity index (χ4v) is 7.46. The summed E-state index contributed by atoms with van der Waals surface area (Å²) in [4.78, 5) is 30.5. The lowest BCUT2D eigenvalue weighted by molar-refractivity contribution is -0.144. The monoisotopic (exact) mass is 773 g/mol. The Morgan fingerprint density at radius 2 is 1.75 bits per heavy atom. The summed E-state index contributed by atoms with van der Waals surface area (Å²) in [7, 11) is 0. The molecule has 0 bridgehead atoms. The minimum Gasteiger partial charge on any atom is -0.381 e. The van der Waals surface area contributed by atoms with Gasteiger partial charge in [0.2, 0.25) is 5.91 Å². The van der Waals surface area contributed by atoms with Crippen molar-refractivity contribution in [3.05, 3.63) is 105 Å². The number of rotatable bonds is 8. The average molecular weight is 774 g/mol. The summed E-state index contributed by atoms with van der Waals surface area (Å²) in [6.07, 6.45) is -5.05. The number of nitrogens with zero attached hydrogens (tertiary/aromatic N) is 3. The highest BCUT2D eigenvalue weighted by Crippen LogP contribution is 2.64. The number of halogens is 8. The van der Waals surface area contributed by atoms with Gasteiger partial charge in [0.25, 0.3) is 11.8 Å². The van der Waals surface area contributed by atoms with Crippen molar-refractivity contribution in [1.29, 1.82) is 0 Å². The largest absolute Gasteiger partial charge is 0.435 e. The molecule has 17 heteroatoms. The van der Waals surface area contributed by atoms with Crippen LogP contribution in [0, 0.1) is 35.2 Å². The van der Waals surface area contributed by atoms with Crippen LogP contribution < -0.4 is 11.1 Å². The number of nitrogens with one attached hydrogen (secondary N) is 1. The molecule has 2 aromatic heterocycles. The molecule has 0 spiro atoms. The van der Waals surface area contributed by atoms with E-state index in [1.165, 1.54) is 18.2 Å². The molecule has 9 nitrogen and oxygen atoms in total. The van der Waals surface area contributed by atoms with E-state index in [0.29, 0.717) is 10.7 Å². The third-order valence-electron chi connectivity index (χ3n) is 10.2. The van der Waals surface area contributed by atoms with Gasteiger partial charge in [0.15, 0.2) is 5.69 Å². The minimum atomic E-state index is -5.09. The molecule has 7 rings (SSSR count). The normalized spacial score (nSPS) is 20.0. The van der Waals surface area contributed by atoms with Crippen molar-refractivity contribution in [1.82, 2.24) is 20.1 Å². The molecule has 3 aliphatic rings. The molecule has 288 valence electrons. The molecule has 2 aromatic carbocycles. The number of hydrogen-bond acceptors (Lipinski definition) is 6.